The van der Waals surface area contributed by atoms with Gasteiger partial charge in [-0.2, -0.15) is 5.10 Å². The van der Waals surface area contributed by atoms with E-state index in [1.807, 2.05) is 0 Å². The van der Waals surface area contributed by atoms with E-state index < -0.39 is 10.8 Å². The van der Waals surface area contributed by atoms with Gasteiger partial charge in [0.25, 0.3) is 5.69 Å². The lowest BCUT2D eigenvalue weighted by Crippen LogP contribution is -2.18. The Hall–Kier alpha value is -2.42. The second-order valence-electron chi connectivity index (χ2n) is 3.94. The third-order valence-corrected chi connectivity index (χ3v) is 3.05. The highest BCUT2D eigenvalue weighted by Gasteiger charge is 2.10. The smallest absolute Gasteiger partial charge is 0.270 e. The van der Waals surface area contributed by atoms with E-state index in [1.54, 1.807) is 12.3 Å². The van der Waals surface area contributed by atoms with Crippen LogP contribution in [0.2, 0.25) is 0 Å². The SMILES string of the molecule is NC(=O)Cn1cc(Nc2ccc([N+](=O)[O-])cc2Br)cn1. The van der Waals surface area contributed by atoms with Crippen LogP contribution < -0.4 is 11.1 Å². The number of amides is 1. The minimum absolute atomic E-state index is 0.00755. The summed E-state index contributed by atoms with van der Waals surface area (Å²) >= 11 is 3.25. The van der Waals surface area contributed by atoms with Crippen LogP contribution in [0, 0.1) is 10.1 Å². The number of nitrogens with zero attached hydrogens (tertiary/aromatic N) is 3. The Labute approximate surface area is 121 Å². The Morgan fingerprint density at radius 1 is 1.55 bits per heavy atom. The Morgan fingerprint density at radius 3 is 2.90 bits per heavy atom. The van der Waals surface area contributed by atoms with E-state index in [4.69, 9.17) is 5.73 Å². The molecule has 2 aromatic rings. The van der Waals surface area contributed by atoms with E-state index in [0.29, 0.717) is 15.8 Å². The first-order chi connectivity index (χ1) is 9.45. The van der Waals surface area contributed by atoms with Crippen LogP contribution in [0.25, 0.3) is 0 Å². The summed E-state index contributed by atoms with van der Waals surface area (Å²) in [6.45, 7) is -0.0108. The van der Waals surface area contributed by atoms with Gasteiger partial charge in [0.05, 0.1) is 22.5 Å². The van der Waals surface area contributed by atoms with Gasteiger partial charge in [-0.3, -0.25) is 19.6 Å². The number of aromatic nitrogens is 2. The van der Waals surface area contributed by atoms with Crippen molar-refractivity contribution in [3.63, 3.8) is 0 Å². The monoisotopic (exact) mass is 339 g/mol. The van der Waals surface area contributed by atoms with E-state index >= 15 is 0 Å². The van der Waals surface area contributed by atoms with Crippen molar-refractivity contribution >= 4 is 38.9 Å². The van der Waals surface area contributed by atoms with Gasteiger partial charge in [-0.1, -0.05) is 0 Å². The van der Waals surface area contributed by atoms with Gasteiger partial charge in [-0.15, -0.1) is 0 Å². The fourth-order valence-electron chi connectivity index (χ4n) is 1.55. The summed E-state index contributed by atoms with van der Waals surface area (Å²) in [4.78, 5) is 20.9. The highest BCUT2D eigenvalue weighted by molar-refractivity contribution is 9.10. The van der Waals surface area contributed by atoms with Crippen molar-refractivity contribution in [2.45, 2.75) is 6.54 Å². The minimum atomic E-state index is -0.490. The van der Waals surface area contributed by atoms with Crippen LogP contribution in [-0.4, -0.2) is 20.6 Å². The zero-order chi connectivity index (χ0) is 14.7. The number of non-ortho nitro benzene ring substituents is 1. The van der Waals surface area contributed by atoms with E-state index in [-0.39, 0.29) is 12.2 Å². The van der Waals surface area contributed by atoms with E-state index in [0.717, 1.165) is 0 Å². The van der Waals surface area contributed by atoms with Gasteiger partial charge >= 0.3 is 0 Å². The summed E-state index contributed by atoms with van der Waals surface area (Å²) in [5, 5.41) is 17.6. The van der Waals surface area contributed by atoms with Gasteiger partial charge in [-0.25, -0.2) is 0 Å². The molecule has 104 valence electrons. The molecule has 0 fully saturated rings. The number of rotatable bonds is 5. The molecule has 0 aliphatic heterocycles. The predicted octanol–water partition coefficient (Wildman–Crippen LogP) is 1.78. The maximum absolute atomic E-state index is 10.8. The average Bonchev–Trinajstić information content (AvgIpc) is 2.78. The predicted molar refractivity (Wildman–Crippen MR) is 75.5 cm³/mol. The highest BCUT2D eigenvalue weighted by atomic mass is 79.9. The number of nitro benzene ring substituents is 1. The van der Waals surface area contributed by atoms with Gasteiger partial charge in [-0.05, 0) is 22.0 Å². The van der Waals surface area contributed by atoms with E-state index in [9.17, 15) is 14.9 Å². The van der Waals surface area contributed by atoms with Crippen LogP contribution in [0.5, 0.6) is 0 Å². The molecule has 0 spiro atoms. The zero-order valence-electron chi connectivity index (χ0n) is 10.1. The summed E-state index contributed by atoms with van der Waals surface area (Å²) in [5.41, 5.74) is 6.34. The van der Waals surface area contributed by atoms with Crippen molar-refractivity contribution < 1.29 is 9.72 Å². The third kappa shape index (κ3) is 3.32. The molecule has 1 amide bonds. The number of halogens is 1. The molecular weight excluding hydrogens is 330 g/mol. The molecule has 3 N–H and O–H groups in total. The molecule has 0 radical (unpaired) electrons. The number of hydrogen-bond donors (Lipinski definition) is 2. The lowest BCUT2D eigenvalue weighted by molar-refractivity contribution is -0.384. The first kappa shape index (κ1) is 14.0. The summed E-state index contributed by atoms with van der Waals surface area (Å²) in [6, 6.07) is 4.37. The Morgan fingerprint density at radius 2 is 2.30 bits per heavy atom. The number of nitro groups is 1. The quantitative estimate of drug-likeness (QED) is 0.636. The first-order valence-electron chi connectivity index (χ1n) is 5.47. The highest BCUT2D eigenvalue weighted by Crippen LogP contribution is 2.29. The second kappa shape index (κ2) is 5.70. The number of carbonyl (C=O) groups is 1. The van der Waals surface area contributed by atoms with Crippen molar-refractivity contribution in [3.05, 3.63) is 45.2 Å². The summed E-state index contributed by atoms with van der Waals surface area (Å²) in [7, 11) is 0. The van der Waals surface area contributed by atoms with Gasteiger partial charge < -0.3 is 11.1 Å². The minimum Gasteiger partial charge on any atom is -0.368 e. The molecule has 8 nitrogen and oxygen atoms in total. The number of nitrogens with two attached hydrogens (primary N) is 1. The van der Waals surface area contributed by atoms with Gasteiger partial charge in [0.1, 0.15) is 6.54 Å². The van der Waals surface area contributed by atoms with E-state index in [1.165, 1.54) is 23.0 Å². The van der Waals surface area contributed by atoms with Crippen molar-refractivity contribution in [1.29, 1.82) is 0 Å². The molecule has 0 aliphatic rings. The van der Waals surface area contributed by atoms with Crippen LogP contribution in [0.4, 0.5) is 17.1 Å². The second-order valence-corrected chi connectivity index (χ2v) is 4.79. The normalized spacial score (nSPS) is 10.2. The van der Waals surface area contributed by atoms with Crippen molar-refractivity contribution in [2.24, 2.45) is 5.73 Å². The van der Waals surface area contributed by atoms with Gasteiger partial charge in [0, 0.05) is 22.8 Å². The van der Waals surface area contributed by atoms with Crippen LogP contribution >= 0.6 is 15.9 Å². The maximum atomic E-state index is 10.8. The van der Waals surface area contributed by atoms with E-state index in [2.05, 4.69) is 26.3 Å². The summed E-state index contributed by atoms with van der Waals surface area (Å²) < 4.78 is 1.94. The van der Waals surface area contributed by atoms with Crippen molar-refractivity contribution in [2.75, 3.05) is 5.32 Å². The molecule has 20 heavy (non-hydrogen) atoms. The lowest BCUT2D eigenvalue weighted by atomic mass is 10.3. The fraction of sp³-hybridized carbons (Fsp3) is 0.0909. The largest absolute Gasteiger partial charge is 0.368 e. The zero-order valence-corrected chi connectivity index (χ0v) is 11.7. The number of benzene rings is 1. The summed E-state index contributed by atoms with van der Waals surface area (Å²) in [5.74, 6) is -0.490. The number of primary amides is 1. The Kier molecular flexibility index (Phi) is 3.99. The van der Waals surface area contributed by atoms with Crippen molar-refractivity contribution in [3.8, 4) is 0 Å². The number of anilines is 2. The molecule has 0 saturated heterocycles. The molecule has 1 heterocycles. The maximum Gasteiger partial charge on any atom is 0.270 e. The molecule has 0 unspecified atom stereocenters. The van der Waals surface area contributed by atoms with Crippen LogP contribution in [-0.2, 0) is 11.3 Å². The molecule has 0 saturated carbocycles. The van der Waals surface area contributed by atoms with Crippen LogP contribution in [0.1, 0.15) is 0 Å². The average molecular weight is 340 g/mol. The molecule has 0 atom stereocenters. The number of nitrogens with one attached hydrogen (secondary N) is 1. The number of carbonyl (C=O) groups excluding carboxylic acids is 1. The van der Waals surface area contributed by atoms with Crippen LogP contribution in [0.3, 0.4) is 0 Å². The molecule has 0 bridgehead atoms. The van der Waals surface area contributed by atoms with Gasteiger partial charge in [0.2, 0.25) is 5.91 Å². The van der Waals surface area contributed by atoms with Crippen molar-refractivity contribution in [1.82, 2.24) is 9.78 Å². The fourth-order valence-corrected chi connectivity index (χ4v) is 2.01. The molecule has 1 aromatic heterocycles. The molecule has 9 heteroatoms. The molecule has 2 rings (SSSR count). The van der Waals surface area contributed by atoms with Gasteiger partial charge in [0.15, 0.2) is 0 Å². The number of hydrogen-bond acceptors (Lipinski definition) is 5. The summed E-state index contributed by atoms with van der Waals surface area (Å²) in [6.07, 6.45) is 3.13. The standard InChI is InChI=1S/C11H10BrN5O3/c12-9-3-8(17(19)20)1-2-10(9)15-7-4-14-16(5-7)6-11(13)18/h1-5,15H,6H2,(H2,13,18). The Balaban J connectivity index is 2.15. The Bertz CT molecular complexity index is 670. The first-order valence-corrected chi connectivity index (χ1v) is 6.27. The molecule has 1 aromatic carbocycles. The third-order valence-electron chi connectivity index (χ3n) is 2.39. The molecule has 0 aliphatic carbocycles. The molecular formula is C11H10BrN5O3. The topological polar surface area (TPSA) is 116 Å². The van der Waals surface area contributed by atoms with Crippen LogP contribution in [0.15, 0.2) is 35.1 Å². The lowest BCUT2D eigenvalue weighted by Gasteiger charge is -2.05.